The molecule has 1 unspecified atom stereocenters. The molecule has 170 valence electrons. The molecule has 1 amide bonds. The summed E-state index contributed by atoms with van der Waals surface area (Å²) in [7, 11) is 0. The van der Waals surface area contributed by atoms with E-state index in [1.54, 1.807) is 19.1 Å². The zero-order chi connectivity index (χ0) is 23.6. The predicted molar refractivity (Wildman–Crippen MR) is 124 cm³/mol. The zero-order valence-electron chi connectivity index (χ0n) is 18.6. The Bertz CT molecular complexity index is 1150. The van der Waals surface area contributed by atoms with Crippen LogP contribution in [0.25, 0.3) is 11.1 Å². The standard InChI is InChI=1S/C27H26FNO4/c1-3-29(27(2,25(30)31)16-18-10-4-9-15-24(18)28)26(32)33-17-23-21-13-7-5-11-19(21)20-12-6-8-14-22(20)23/h4-15,23H,3,16-17H2,1-2H3,(H,30,31). The van der Waals surface area contributed by atoms with Gasteiger partial charge in [0.2, 0.25) is 0 Å². The summed E-state index contributed by atoms with van der Waals surface area (Å²) in [5.41, 5.74) is 2.92. The van der Waals surface area contributed by atoms with Crippen LogP contribution in [0.4, 0.5) is 9.18 Å². The number of rotatable bonds is 7. The molecule has 0 heterocycles. The van der Waals surface area contributed by atoms with Crippen LogP contribution in [0.15, 0.2) is 72.8 Å². The summed E-state index contributed by atoms with van der Waals surface area (Å²) in [6.07, 6.45) is -0.909. The number of likely N-dealkylation sites (N-methyl/N-ethyl adjacent to an activating group) is 1. The molecule has 3 aromatic rings. The molecule has 1 aliphatic rings. The van der Waals surface area contributed by atoms with Crippen molar-refractivity contribution in [1.82, 2.24) is 4.90 Å². The molecule has 1 aliphatic carbocycles. The molecule has 0 aliphatic heterocycles. The Kier molecular flexibility index (Phi) is 6.18. The minimum Gasteiger partial charge on any atom is -0.479 e. The Balaban J connectivity index is 1.57. The molecule has 4 rings (SSSR count). The van der Waals surface area contributed by atoms with Crippen LogP contribution in [0.1, 0.15) is 36.5 Å². The summed E-state index contributed by atoms with van der Waals surface area (Å²) in [4.78, 5) is 26.5. The number of carbonyl (C=O) groups excluding carboxylic acids is 1. The maximum Gasteiger partial charge on any atom is 0.410 e. The first-order valence-corrected chi connectivity index (χ1v) is 11.0. The first-order chi connectivity index (χ1) is 15.9. The van der Waals surface area contributed by atoms with Crippen molar-refractivity contribution in [2.75, 3.05) is 13.2 Å². The molecule has 3 aromatic carbocycles. The largest absolute Gasteiger partial charge is 0.479 e. The molecule has 1 atom stereocenters. The molecule has 0 saturated heterocycles. The topological polar surface area (TPSA) is 66.8 Å². The summed E-state index contributed by atoms with van der Waals surface area (Å²) in [6, 6.07) is 22.0. The van der Waals surface area contributed by atoms with Crippen molar-refractivity contribution in [2.24, 2.45) is 0 Å². The van der Waals surface area contributed by atoms with Crippen LogP contribution in [-0.4, -0.2) is 40.8 Å². The van der Waals surface area contributed by atoms with E-state index in [9.17, 15) is 19.1 Å². The second-order valence-electron chi connectivity index (χ2n) is 8.40. The van der Waals surface area contributed by atoms with E-state index in [4.69, 9.17) is 4.74 Å². The van der Waals surface area contributed by atoms with Gasteiger partial charge in [0.05, 0.1) is 0 Å². The first-order valence-electron chi connectivity index (χ1n) is 11.0. The number of ether oxygens (including phenoxy) is 1. The Hall–Kier alpha value is -3.67. The van der Waals surface area contributed by atoms with Crippen molar-refractivity contribution in [2.45, 2.75) is 31.7 Å². The van der Waals surface area contributed by atoms with Gasteiger partial charge in [0.15, 0.2) is 0 Å². The van der Waals surface area contributed by atoms with E-state index < -0.39 is 23.4 Å². The van der Waals surface area contributed by atoms with Gasteiger partial charge in [-0.3, -0.25) is 4.90 Å². The number of halogens is 1. The van der Waals surface area contributed by atoms with E-state index in [1.165, 1.54) is 19.1 Å². The van der Waals surface area contributed by atoms with E-state index in [1.807, 2.05) is 48.5 Å². The van der Waals surface area contributed by atoms with E-state index in [0.29, 0.717) is 0 Å². The summed E-state index contributed by atoms with van der Waals surface area (Å²) in [6.45, 7) is 3.29. The molecule has 0 saturated carbocycles. The fraction of sp³-hybridized carbons (Fsp3) is 0.259. The number of aliphatic carboxylic acids is 1. The van der Waals surface area contributed by atoms with Crippen molar-refractivity contribution in [3.63, 3.8) is 0 Å². The molecule has 33 heavy (non-hydrogen) atoms. The number of carboxylic acid groups (broad SMARTS) is 1. The third-order valence-corrected chi connectivity index (χ3v) is 6.42. The monoisotopic (exact) mass is 447 g/mol. The van der Waals surface area contributed by atoms with Crippen molar-refractivity contribution in [3.05, 3.63) is 95.3 Å². The lowest BCUT2D eigenvalue weighted by atomic mass is 9.90. The first kappa shape index (κ1) is 22.5. The highest BCUT2D eigenvalue weighted by atomic mass is 19.1. The highest BCUT2D eigenvalue weighted by Gasteiger charge is 2.43. The molecule has 0 aromatic heterocycles. The van der Waals surface area contributed by atoms with E-state index in [0.717, 1.165) is 27.2 Å². The average Bonchev–Trinajstić information content (AvgIpc) is 3.13. The van der Waals surface area contributed by atoms with Gasteiger partial charge in [-0.1, -0.05) is 66.7 Å². The molecular formula is C27H26FNO4. The highest BCUT2D eigenvalue weighted by Crippen LogP contribution is 2.44. The minimum absolute atomic E-state index is 0.0821. The summed E-state index contributed by atoms with van der Waals surface area (Å²) < 4.78 is 19.9. The van der Waals surface area contributed by atoms with Gasteiger partial charge in [-0.25, -0.2) is 14.0 Å². The van der Waals surface area contributed by atoms with Gasteiger partial charge in [0.1, 0.15) is 18.0 Å². The third-order valence-electron chi connectivity index (χ3n) is 6.42. The predicted octanol–water partition coefficient (Wildman–Crippen LogP) is 5.48. The molecule has 0 bridgehead atoms. The Labute approximate surface area is 192 Å². The van der Waals surface area contributed by atoms with E-state index in [2.05, 4.69) is 0 Å². The molecule has 0 spiro atoms. The fourth-order valence-corrected chi connectivity index (χ4v) is 4.65. The van der Waals surface area contributed by atoms with Gasteiger partial charge in [0.25, 0.3) is 0 Å². The maximum absolute atomic E-state index is 14.3. The molecule has 1 N–H and O–H groups in total. The lowest BCUT2D eigenvalue weighted by molar-refractivity contribution is -0.149. The number of hydrogen-bond donors (Lipinski definition) is 1. The molecule has 0 radical (unpaired) electrons. The third kappa shape index (κ3) is 4.09. The molecule has 0 fully saturated rings. The lowest BCUT2D eigenvalue weighted by Crippen LogP contribution is -2.56. The van der Waals surface area contributed by atoms with Crippen LogP contribution in [-0.2, 0) is 16.0 Å². The lowest BCUT2D eigenvalue weighted by Gasteiger charge is -2.37. The van der Waals surface area contributed by atoms with Crippen LogP contribution in [0, 0.1) is 5.82 Å². The number of amides is 1. The minimum atomic E-state index is -1.67. The van der Waals surface area contributed by atoms with Crippen molar-refractivity contribution in [1.29, 1.82) is 0 Å². The molecular weight excluding hydrogens is 421 g/mol. The van der Waals surface area contributed by atoms with Gasteiger partial charge in [-0.15, -0.1) is 0 Å². The van der Waals surface area contributed by atoms with Gasteiger partial charge in [-0.05, 0) is 47.7 Å². The number of hydrogen-bond acceptors (Lipinski definition) is 3. The second kappa shape index (κ2) is 9.06. The SMILES string of the molecule is CCN(C(=O)OCC1c2ccccc2-c2ccccc21)C(C)(Cc1ccccc1F)C(=O)O. The van der Waals surface area contributed by atoms with Crippen molar-refractivity contribution < 1.29 is 23.8 Å². The number of carbonyl (C=O) groups is 2. The van der Waals surface area contributed by atoms with Crippen LogP contribution < -0.4 is 0 Å². The summed E-state index contributed by atoms with van der Waals surface area (Å²) in [5.74, 6) is -1.86. The van der Waals surface area contributed by atoms with Crippen molar-refractivity contribution in [3.8, 4) is 11.1 Å². The average molecular weight is 448 g/mol. The van der Waals surface area contributed by atoms with Gasteiger partial charge >= 0.3 is 12.1 Å². The Morgan fingerprint density at radius 2 is 1.52 bits per heavy atom. The quantitative estimate of drug-likeness (QED) is 0.521. The Morgan fingerprint density at radius 1 is 0.970 bits per heavy atom. The van der Waals surface area contributed by atoms with Crippen LogP contribution in [0.5, 0.6) is 0 Å². The Morgan fingerprint density at radius 3 is 2.06 bits per heavy atom. The molecule has 6 heteroatoms. The number of nitrogens with zero attached hydrogens (tertiary/aromatic N) is 1. The van der Waals surface area contributed by atoms with Gasteiger partial charge < -0.3 is 9.84 Å². The van der Waals surface area contributed by atoms with Crippen LogP contribution >= 0.6 is 0 Å². The van der Waals surface area contributed by atoms with Crippen LogP contribution in [0.2, 0.25) is 0 Å². The zero-order valence-corrected chi connectivity index (χ0v) is 18.6. The van der Waals surface area contributed by atoms with E-state index in [-0.39, 0.29) is 31.1 Å². The fourth-order valence-electron chi connectivity index (χ4n) is 4.65. The van der Waals surface area contributed by atoms with E-state index >= 15 is 0 Å². The number of carboxylic acids is 1. The molecule has 5 nitrogen and oxygen atoms in total. The van der Waals surface area contributed by atoms with Gasteiger partial charge in [-0.2, -0.15) is 0 Å². The highest BCUT2D eigenvalue weighted by molar-refractivity contribution is 5.84. The van der Waals surface area contributed by atoms with Crippen LogP contribution in [0.3, 0.4) is 0 Å². The van der Waals surface area contributed by atoms with Crippen molar-refractivity contribution >= 4 is 12.1 Å². The summed E-state index contributed by atoms with van der Waals surface area (Å²) in [5, 5.41) is 10.0. The second-order valence-corrected chi connectivity index (χ2v) is 8.40. The number of fused-ring (bicyclic) bond motifs is 3. The summed E-state index contributed by atoms with van der Waals surface area (Å²) >= 11 is 0. The maximum atomic E-state index is 14.3. The smallest absolute Gasteiger partial charge is 0.410 e. The number of benzene rings is 3. The normalized spacial score (nSPS) is 14.2. The van der Waals surface area contributed by atoms with Gasteiger partial charge in [0, 0.05) is 18.9 Å².